The lowest BCUT2D eigenvalue weighted by molar-refractivity contribution is 0.101. The number of pyridine rings is 1. The molecule has 70 valence electrons. The Hall–Kier alpha value is -0.940. The van der Waals surface area contributed by atoms with Crippen molar-refractivity contribution in [2.45, 2.75) is 11.8 Å². The summed E-state index contributed by atoms with van der Waals surface area (Å²) in [5.41, 5.74) is 0.224. The van der Waals surface area contributed by atoms with E-state index in [1.54, 1.807) is 0 Å². The molecule has 1 aromatic rings. The van der Waals surface area contributed by atoms with Crippen molar-refractivity contribution in [2.24, 2.45) is 0 Å². The molecule has 1 rings (SSSR count). The number of rotatable bonds is 2. The molecule has 0 aliphatic rings. The number of aromatic nitrogens is 1. The Kier molecular flexibility index (Phi) is 2.68. The molecule has 13 heavy (non-hydrogen) atoms. The van der Waals surface area contributed by atoms with Crippen LogP contribution in [-0.2, 0) is 9.05 Å². The van der Waals surface area contributed by atoms with Crippen LogP contribution in [0.1, 0.15) is 17.3 Å². The number of nitrogens with zero attached hydrogens (tertiary/aromatic N) is 1. The van der Waals surface area contributed by atoms with Crippen molar-refractivity contribution in [2.75, 3.05) is 0 Å². The average molecular weight is 220 g/mol. The highest BCUT2D eigenvalue weighted by Gasteiger charge is 2.11. The van der Waals surface area contributed by atoms with Gasteiger partial charge in [-0.2, -0.15) is 0 Å². The highest BCUT2D eigenvalue weighted by molar-refractivity contribution is 8.13. The lowest BCUT2D eigenvalue weighted by Crippen LogP contribution is -1.98. The first kappa shape index (κ1) is 10.1. The lowest BCUT2D eigenvalue weighted by atomic mass is 10.2. The molecule has 0 fully saturated rings. The maximum absolute atomic E-state index is 10.8. The molecule has 1 heterocycles. The zero-order chi connectivity index (χ0) is 10.1. The van der Waals surface area contributed by atoms with Gasteiger partial charge in [0.05, 0.1) is 0 Å². The molecule has 0 unspecified atom stereocenters. The van der Waals surface area contributed by atoms with Crippen molar-refractivity contribution in [3.63, 3.8) is 0 Å². The van der Waals surface area contributed by atoms with E-state index in [1.807, 2.05) is 0 Å². The third kappa shape index (κ3) is 2.50. The third-order valence-corrected chi connectivity index (χ3v) is 2.72. The van der Waals surface area contributed by atoms with Crippen LogP contribution in [0.3, 0.4) is 0 Å². The fraction of sp³-hybridized carbons (Fsp3) is 0.143. The minimum absolute atomic E-state index is 0.165. The van der Waals surface area contributed by atoms with Gasteiger partial charge < -0.3 is 0 Å². The van der Waals surface area contributed by atoms with E-state index in [0.717, 1.165) is 6.20 Å². The molecule has 0 bridgehead atoms. The van der Waals surface area contributed by atoms with Gasteiger partial charge in [0.1, 0.15) is 4.90 Å². The SMILES string of the molecule is CC(=O)c1cncc(S(=O)(=O)Cl)c1. The highest BCUT2D eigenvalue weighted by atomic mass is 35.7. The molecule has 0 aliphatic heterocycles. The van der Waals surface area contributed by atoms with Crippen LogP contribution in [-0.4, -0.2) is 19.2 Å². The first-order chi connectivity index (χ1) is 5.91. The van der Waals surface area contributed by atoms with Gasteiger partial charge in [-0.15, -0.1) is 0 Å². The van der Waals surface area contributed by atoms with E-state index in [9.17, 15) is 13.2 Å². The smallest absolute Gasteiger partial charge is 0.262 e. The molecular weight excluding hydrogens is 214 g/mol. The van der Waals surface area contributed by atoms with Crippen molar-refractivity contribution < 1.29 is 13.2 Å². The van der Waals surface area contributed by atoms with Crippen molar-refractivity contribution in [1.29, 1.82) is 0 Å². The van der Waals surface area contributed by atoms with Crippen molar-refractivity contribution >= 4 is 25.5 Å². The third-order valence-electron chi connectivity index (χ3n) is 1.40. The Morgan fingerprint density at radius 1 is 1.46 bits per heavy atom. The molecule has 0 atom stereocenters. The van der Waals surface area contributed by atoms with Crippen LogP contribution in [0.5, 0.6) is 0 Å². The van der Waals surface area contributed by atoms with E-state index in [4.69, 9.17) is 10.7 Å². The van der Waals surface area contributed by atoms with Crippen LogP contribution < -0.4 is 0 Å². The average Bonchev–Trinajstić information content (AvgIpc) is 2.03. The Balaban J connectivity index is 3.29. The summed E-state index contributed by atoms with van der Waals surface area (Å²) in [6, 6.07) is 1.19. The first-order valence-corrected chi connectivity index (χ1v) is 5.63. The lowest BCUT2D eigenvalue weighted by Gasteiger charge is -1.97. The molecule has 0 saturated carbocycles. The normalized spacial score (nSPS) is 11.2. The van der Waals surface area contributed by atoms with Crippen LogP contribution in [0.2, 0.25) is 0 Å². The number of hydrogen-bond acceptors (Lipinski definition) is 4. The molecule has 4 nitrogen and oxygen atoms in total. The second-order valence-corrected chi connectivity index (χ2v) is 4.97. The predicted octanol–water partition coefficient (Wildman–Crippen LogP) is 1.21. The van der Waals surface area contributed by atoms with Gasteiger partial charge in [-0.1, -0.05) is 0 Å². The minimum Gasteiger partial charge on any atom is -0.294 e. The molecule has 0 aromatic carbocycles. The van der Waals surface area contributed by atoms with Gasteiger partial charge in [-0.05, 0) is 13.0 Å². The van der Waals surface area contributed by atoms with E-state index in [-0.39, 0.29) is 16.2 Å². The number of carbonyl (C=O) groups is 1. The predicted molar refractivity (Wildman–Crippen MR) is 47.3 cm³/mol. The topological polar surface area (TPSA) is 64.1 Å². The summed E-state index contributed by atoms with van der Waals surface area (Å²) in [6.07, 6.45) is 2.38. The molecule has 6 heteroatoms. The van der Waals surface area contributed by atoms with Crippen LogP contribution in [0, 0.1) is 0 Å². The van der Waals surface area contributed by atoms with E-state index in [2.05, 4.69) is 4.98 Å². The van der Waals surface area contributed by atoms with Gasteiger partial charge >= 0.3 is 0 Å². The summed E-state index contributed by atoms with van der Waals surface area (Å²) < 4.78 is 21.6. The summed E-state index contributed by atoms with van der Waals surface area (Å²) in [6.45, 7) is 1.32. The maximum Gasteiger partial charge on any atom is 0.262 e. The second-order valence-electron chi connectivity index (χ2n) is 2.40. The van der Waals surface area contributed by atoms with Gasteiger partial charge in [0.15, 0.2) is 5.78 Å². The Labute approximate surface area is 80.0 Å². The number of carbonyl (C=O) groups excluding carboxylic acids is 1. The maximum atomic E-state index is 10.8. The largest absolute Gasteiger partial charge is 0.294 e. The molecule has 0 N–H and O–H groups in total. The Morgan fingerprint density at radius 3 is 2.54 bits per heavy atom. The van der Waals surface area contributed by atoms with Crippen LogP contribution in [0.4, 0.5) is 0 Å². The highest BCUT2D eigenvalue weighted by Crippen LogP contribution is 2.14. The molecule has 0 saturated heterocycles. The fourth-order valence-electron chi connectivity index (χ4n) is 0.745. The summed E-state index contributed by atoms with van der Waals surface area (Å²) in [5.74, 6) is -0.255. The van der Waals surface area contributed by atoms with Gasteiger partial charge in [0.2, 0.25) is 0 Å². The van der Waals surface area contributed by atoms with Crippen LogP contribution in [0.25, 0.3) is 0 Å². The van der Waals surface area contributed by atoms with Gasteiger partial charge in [-0.3, -0.25) is 9.78 Å². The quantitative estimate of drug-likeness (QED) is 0.554. The van der Waals surface area contributed by atoms with Crippen molar-refractivity contribution in [3.8, 4) is 0 Å². The number of halogens is 1. The molecule has 0 amide bonds. The van der Waals surface area contributed by atoms with Gasteiger partial charge in [0.25, 0.3) is 9.05 Å². The van der Waals surface area contributed by atoms with Gasteiger partial charge in [-0.25, -0.2) is 8.42 Å². The van der Waals surface area contributed by atoms with E-state index in [1.165, 1.54) is 19.2 Å². The first-order valence-electron chi connectivity index (χ1n) is 3.32. The number of ketones is 1. The standard InChI is InChI=1S/C7H6ClNO3S/c1-5(10)6-2-7(4-9-3-6)13(8,11)12/h2-4H,1H3. The number of hydrogen-bond donors (Lipinski definition) is 0. The van der Waals surface area contributed by atoms with Crippen LogP contribution >= 0.6 is 10.7 Å². The summed E-state index contributed by atoms with van der Waals surface area (Å²) in [7, 11) is 1.25. The molecule has 0 radical (unpaired) electrons. The summed E-state index contributed by atoms with van der Waals surface area (Å²) in [4.78, 5) is 14.3. The van der Waals surface area contributed by atoms with E-state index in [0.29, 0.717) is 0 Å². The molecule has 0 spiro atoms. The second kappa shape index (κ2) is 3.43. The zero-order valence-corrected chi connectivity index (χ0v) is 8.26. The minimum atomic E-state index is -3.80. The summed E-state index contributed by atoms with van der Waals surface area (Å²) >= 11 is 0. The Morgan fingerprint density at radius 2 is 2.08 bits per heavy atom. The Bertz CT molecular complexity index is 441. The fourth-order valence-corrected chi connectivity index (χ4v) is 1.45. The zero-order valence-electron chi connectivity index (χ0n) is 6.69. The molecule has 1 aromatic heterocycles. The monoisotopic (exact) mass is 219 g/mol. The summed E-state index contributed by atoms with van der Waals surface area (Å²) in [5, 5.41) is 0. The van der Waals surface area contributed by atoms with E-state index >= 15 is 0 Å². The molecular formula is C7H6ClNO3S. The van der Waals surface area contributed by atoms with Crippen molar-refractivity contribution in [1.82, 2.24) is 4.98 Å². The number of Topliss-reactive ketones (excluding diaryl/α,β-unsaturated/α-hetero) is 1. The molecule has 0 aliphatic carbocycles. The van der Waals surface area contributed by atoms with Crippen LogP contribution in [0.15, 0.2) is 23.4 Å². The van der Waals surface area contributed by atoms with E-state index < -0.39 is 9.05 Å². The van der Waals surface area contributed by atoms with Gasteiger partial charge in [0, 0.05) is 28.6 Å². The van der Waals surface area contributed by atoms with Crippen molar-refractivity contribution in [3.05, 3.63) is 24.0 Å².